The van der Waals surface area contributed by atoms with Crippen LogP contribution in [-0.4, -0.2) is 23.2 Å². The molecule has 0 spiro atoms. The van der Waals surface area contributed by atoms with E-state index in [-0.39, 0.29) is 0 Å². The lowest BCUT2D eigenvalue weighted by molar-refractivity contribution is -0.0314. The maximum atomic E-state index is 9.19. The van der Waals surface area contributed by atoms with Gasteiger partial charge in [-0.1, -0.05) is 0 Å². The van der Waals surface area contributed by atoms with E-state index in [1.165, 1.54) is 11.3 Å². The second-order valence-corrected chi connectivity index (χ2v) is 4.82. The van der Waals surface area contributed by atoms with E-state index in [4.69, 9.17) is 4.74 Å². The molecule has 0 amide bonds. The van der Waals surface area contributed by atoms with Gasteiger partial charge < -0.3 is 4.74 Å². The van der Waals surface area contributed by atoms with E-state index in [9.17, 15) is 5.26 Å². The van der Waals surface area contributed by atoms with Crippen LogP contribution in [-0.2, 0) is 10.2 Å². The molecule has 0 saturated carbocycles. The Bertz CT molecular complexity index is 569. The second-order valence-electron chi connectivity index (χ2n) is 3.97. The predicted molar refractivity (Wildman–Crippen MR) is 63.5 cm³/mol. The van der Waals surface area contributed by atoms with Crippen molar-refractivity contribution in [2.45, 2.75) is 5.41 Å². The highest BCUT2D eigenvalue weighted by Gasteiger charge is 2.43. The number of nitrogens with zero attached hydrogens (tertiary/aromatic N) is 3. The molecule has 0 bridgehead atoms. The molecule has 1 fully saturated rings. The highest BCUT2D eigenvalue weighted by Crippen LogP contribution is 2.34. The molecule has 0 unspecified atom stereocenters. The van der Waals surface area contributed by atoms with Crippen molar-refractivity contribution in [1.29, 1.82) is 5.26 Å². The Morgan fingerprint density at radius 2 is 2.35 bits per heavy atom. The average Bonchev–Trinajstić information content (AvgIpc) is 2.80. The normalized spacial score (nSPS) is 17.1. The lowest BCUT2D eigenvalue weighted by Gasteiger charge is -2.33. The maximum Gasteiger partial charge on any atom is 0.146 e. The molecule has 0 aromatic carbocycles. The van der Waals surface area contributed by atoms with Crippen LogP contribution in [0.25, 0.3) is 10.6 Å². The van der Waals surface area contributed by atoms with Crippen molar-refractivity contribution in [2.24, 2.45) is 0 Å². The van der Waals surface area contributed by atoms with Crippen LogP contribution >= 0.6 is 11.3 Å². The molecule has 17 heavy (non-hydrogen) atoms. The molecular weight excluding hydrogens is 234 g/mol. The Hall–Kier alpha value is -1.77. The molecular formula is C12H9N3OS. The topological polar surface area (TPSA) is 58.8 Å². The summed E-state index contributed by atoms with van der Waals surface area (Å²) in [7, 11) is 0. The molecule has 1 aliphatic rings. The third kappa shape index (κ3) is 1.62. The van der Waals surface area contributed by atoms with Crippen LogP contribution in [0.3, 0.4) is 0 Å². The molecule has 0 N–H and O–H groups in total. The average molecular weight is 243 g/mol. The Labute approximate surface area is 103 Å². The van der Waals surface area contributed by atoms with Gasteiger partial charge in [0, 0.05) is 23.3 Å². The van der Waals surface area contributed by atoms with E-state index in [1.807, 2.05) is 17.5 Å². The summed E-state index contributed by atoms with van der Waals surface area (Å²) < 4.78 is 5.13. The molecule has 84 valence electrons. The third-order valence-electron chi connectivity index (χ3n) is 2.81. The summed E-state index contributed by atoms with van der Waals surface area (Å²) in [6.07, 6.45) is 3.51. The van der Waals surface area contributed by atoms with Crippen molar-refractivity contribution in [3.8, 4) is 16.6 Å². The standard InChI is InChI=1S/C12H9N3OS/c13-6-12(7-16-8-12)10-5-17-11(15-10)9-2-1-3-14-4-9/h1-5H,7-8H2. The van der Waals surface area contributed by atoms with E-state index < -0.39 is 5.41 Å². The van der Waals surface area contributed by atoms with E-state index >= 15 is 0 Å². The first kappa shape index (κ1) is 10.4. The largest absolute Gasteiger partial charge is 0.377 e. The Kier molecular flexibility index (Phi) is 2.39. The number of pyridine rings is 1. The van der Waals surface area contributed by atoms with Crippen LogP contribution in [0.1, 0.15) is 5.69 Å². The molecule has 1 saturated heterocycles. The number of ether oxygens (including phenoxy) is 1. The summed E-state index contributed by atoms with van der Waals surface area (Å²) in [5.41, 5.74) is 1.27. The van der Waals surface area contributed by atoms with Crippen LogP contribution in [0, 0.1) is 11.3 Å². The van der Waals surface area contributed by atoms with Crippen molar-refractivity contribution in [3.63, 3.8) is 0 Å². The zero-order valence-corrected chi connectivity index (χ0v) is 9.78. The van der Waals surface area contributed by atoms with Gasteiger partial charge in [-0.25, -0.2) is 4.98 Å². The van der Waals surface area contributed by atoms with Gasteiger partial charge in [-0.2, -0.15) is 5.26 Å². The Morgan fingerprint density at radius 1 is 1.47 bits per heavy atom. The number of thiazole rings is 1. The molecule has 1 aliphatic heterocycles. The van der Waals surface area contributed by atoms with Gasteiger partial charge in [0.1, 0.15) is 10.4 Å². The van der Waals surface area contributed by atoms with Crippen LogP contribution in [0.4, 0.5) is 0 Å². The monoisotopic (exact) mass is 243 g/mol. The van der Waals surface area contributed by atoms with E-state index in [1.54, 1.807) is 12.4 Å². The van der Waals surface area contributed by atoms with Gasteiger partial charge in [0.15, 0.2) is 0 Å². The number of aromatic nitrogens is 2. The summed E-state index contributed by atoms with van der Waals surface area (Å²) in [5, 5.41) is 12.0. The summed E-state index contributed by atoms with van der Waals surface area (Å²) in [4.78, 5) is 8.59. The Morgan fingerprint density at radius 3 is 2.94 bits per heavy atom. The van der Waals surface area contributed by atoms with E-state index in [0.717, 1.165) is 16.3 Å². The molecule has 3 rings (SSSR count). The summed E-state index contributed by atoms with van der Waals surface area (Å²) in [5.74, 6) is 0. The first-order chi connectivity index (χ1) is 8.34. The minimum atomic E-state index is -0.531. The van der Waals surface area contributed by atoms with Crippen molar-refractivity contribution >= 4 is 11.3 Å². The van der Waals surface area contributed by atoms with Crippen LogP contribution in [0.2, 0.25) is 0 Å². The van der Waals surface area contributed by atoms with Crippen molar-refractivity contribution < 1.29 is 4.74 Å². The minimum absolute atomic E-state index is 0.444. The van der Waals surface area contributed by atoms with Crippen LogP contribution in [0.5, 0.6) is 0 Å². The van der Waals surface area contributed by atoms with Crippen LogP contribution in [0.15, 0.2) is 29.9 Å². The molecule has 2 aromatic rings. The third-order valence-corrected chi connectivity index (χ3v) is 3.71. The van der Waals surface area contributed by atoms with Gasteiger partial charge >= 0.3 is 0 Å². The zero-order chi connectivity index (χ0) is 11.7. The molecule has 0 aliphatic carbocycles. The van der Waals surface area contributed by atoms with Crippen molar-refractivity contribution in [2.75, 3.05) is 13.2 Å². The fraction of sp³-hybridized carbons (Fsp3) is 0.250. The second kappa shape index (κ2) is 3.91. The van der Waals surface area contributed by atoms with Gasteiger partial charge in [0.25, 0.3) is 0 Å². The highest BCUT2D eigenvalue weighted by atomic mass is 32.1. The SMILES string of the molecule is N#CC1(c2csc(-c3cccnc3)n2)COC1. The number of rotatable bonds is 2. The molecule has 5 heteroatoms. The number of hydrogen-bond acceptors (Lipinski definition) is 5. The zero-order valence-electron chi connectivity index (χ0n) is 8.96. The number of hydrogen-bond donors (Lipinski definition) is 0. The van der Waals surface area contributed by atoms with Gasteiger partial charge in [0.05, 0.1) is 25.0 Å². The Balaban J connectivity index is 1.97. The first-order valence-corrected chi connectivity index (χ1v) is 6.07. The van der Waals surface area contributed by atoms with Gasteiger partial charge in [-0.3, -0.25) is 4.98 Å². The lowest BCUT2D eigenvalue weighted by atomic mass is 9.85. The van der Waals surface area contributed by atoms with Crippen molar-refractivity contribution in [1.82, 2.24) is 9.97 Å². The van der Waals surface area contributed by atoms with Crippen molar-refractivity contribution in [3.05, 3.63) is 35.6 Å². The van der Waals surface area contributed by atoms with Gasteiger partial charge in [-0.15, -0.1) is 11.3 Å². The van der Waals surface area contributed by atoms with Gasteiger partial charge in [0.2, 0.25) is 0 Å². The van der Waals surface area contributed by atoms with Crippen LogP contribution < -0.4 is 0 Å². The maximum absolute atomic E-state index is 9.19. The highest BCUT2D eigenvalue weighted by molar-refractivity contribution is 7.13. The molecule has 2 aromatic heterocycles. The fourth-order valence-corrected chi connectivity index (χ4v) is 2.60. The summed E-state index contributed by atoms with van der Waals surface area (Å²) in [6, 6.07) is 6.14. The first-order valence-electron chi connectivity index (χ1n) is 5.19. The number of nitriles is 1. The van der Waals surface area contributed by atoms with E-state index in [0.29, 0.717) is 13.2 Å². The molecule has 3 heterocycles. The summed E-state index contributed by atoms with van der Waals surface area (Å²) in [6.45, 7) is 0.888. The predicted octanol–water partition coefficient (Wildman–Crippen LogP) is 2.00. The molecule has 4 nitrogen and oxygen atoms in total. The fourth-order valence-electron chi connectivity index (χ4n) is 1.69. The summed E-state index contributed by atoms with van der Waals surface area (Å²) >= 11 is 1.54. The molecule has 0 atom stereocenters. The van der Waals surface area contributed by atoms with E-state index in [2.05, 4.69) is 16.0 Å². The quantitative estimate of drug-likeness (QED) is 0.809. The minimum Gasteiger partial charge on any atom is -0.377 e. The van der Waals surface area contributed by atoms with Gasteiger partial charge in [-0.05, 0) is 12.1 Å². The molecule has 0 radical (unpaired) electrons. The smallest absolute Gasteiger partial charge is 0.146 e. The lowest BCUT2D eigenvalue weighted by Crippen LogP contribution is -2.45.